The van der Waals surface area contributed by atoms with Gasteiger partial charge in [-0.25, -0.2) is 14.6 Å². The Morgan fingerprint density at radius 2 is 1.44 bits per heavy atom. The molecule has 3 amide bonds. The van der Waals surface area contributed by atoms with Crippen LogP contribution in [-0.4, -0.2) is 70.1 Å². The van der Waals surface area contributed by atoms with Crippen LogP contribution >= 0.6 is 11.3 Å². The van der Waals surface area contributed by atoms with E-state index in [1.54, 1.807) is 17.3 Å². The number of fused-ring (bicyclic) bond motifs is 3. The van der Waals surface area contributed by atoms with Crippen LogP contribution in [0.2, 0.25) is 0 Å². The van der Waals surface area contributed by atoms with E-state index in [9.17, 15) is 24.3 Å². The Bertz CT molecular complexity index is 2270. The number of aryl methyl sites for hydroxylation is 1. The Balaban J connectivity index is 1.16. The normalized spacial score (nSPS) is 15.0. The monoisotopic (exact) mass is 872 g/mol. The topological polar surface area (TPSA) is 147 Å². The van der Waals surface area contributed by atoms with Crippen molar-refractivity contribution in [3.63, 3.8) is 0 Å². The average molecular weight is 873 g/mol. The van der Waals surface area contributed by atoms with Gasteiger partial charge in [0.25, 0.3) is 5.91 Å². The lowest BCUT2D eigenvalue weighted by atomic mass is 9.93. The van der Waals surface area contributed by atoms with Gasteiger partial charge in [0.1, 0.15) is 35.0 Å². The highest BCUT2D eigenvalue weighted by Gasteiger charge is 2.38. The summed E-state index contributed by atoms with van der Waals surface area (Å²) in [7, 11) is 1.75. The summed E-state index contributed by atoms with van der Waals surface area (Å²) >= 11 is 1.25. The van der Waals surface area contributed by atoms with Crippen LogP contribution in [0.3, 0.4) is 0 Å². The number of carboxylic acid groups (broad SMARTS) is 1. The summed E-state index contributed by atoms with van der Waals surface area (Å²) in [6.07, 6.45) is 1.16. The first-order valence-corrected chi connectivity index (χ1v) is 22.8. The van der Waals surface area contributed by atoms with Gasteiger partial charge >= 0.3 is 12.1 Å². The molecule has 332 valence electrons. The minimum Gasteiger partial charge on any atom is -0.480 e. The SMILES string of the molecule is CC[C@H](C)[C@H](NC(=O)OCC1c2ccccc2-c2ccccc21)C(=O)N(C)[C@H](C[C@@H](OCc1ccccc1)c1nc(C(=O)NC(C)(CCCc2ccccc2)C(=O)O)cs1)C(C)C. The van der Waals surface area contributed by atoms with Gasteiger partial charge in [-0.05, 0) is 71.4 Å². The van der Waals surface area contributed by atoms with Gasteiger partial charge in [0.2, 0.25) is 5.91 Å². The quantitative estimate of drug-likeness (QED) is 0.0661. The number of aliphatic carboxylic acids is 1. The fourth-order valence-corrected chi connectivity index (χ4v) is 9.17. The van der Waals surface area contributed by atoms with Crippen molar-refractivity contribution in [3.8, 4) is 11.1 Å². The summed E-state index contributed by atoms with van der Waals surface area (Å²) in [4.78, 5) is 60.7. The smallest absolute Gasteiger partial charge is 0.407 e. The maximum atomic E-state index is 14.5. The molecule has 0 radical (unpaired) electrons. The van der Waals surface area contributed by atoms with Crippen molar-refractivity contribution in [2.45, 2.75) is 103 Å². The summed E-state index contributed by atoms with van der Waals surface area (Å²) in [6, 6.07) is 34.6. The first kappa shape index (κ1) is 46.6. The van der Waals surface area contributed by atoms with E-state index in [2.05, 4.69) is 34.9 Å². The number of carbonyl (C=O) groups is 4. The third-order valence-corrected chi connectivity index (χ3v) is 13.3. The van der Waals surface area contributed by atoms with E-state index in [0.717, 1.165) is 33.4 Å². The van der Waals surface area contributed by atoms with E-state index in [1.165, 1.54) is 18.3 Å². The van der Waals surface area contributed by atoms with E-state index in [0.29, 0.717) is 30.7 Å². The molecule has 11 nitrogen and oxygen atoms in total. The molecule has 0 spiro atoms. The van der Waals surface area contributed by atoms with Crippen LogP contribution in [0.4, 0.5) is 4.79 Å². The molecule has 4 aromatic carbocycles. The zero-order valence-corrected chi connectivity index (χ0v) is 37.9. The molecular weight excluding hydrogens is 813 g/mol. The minimum atomic E-state index is -1.51. The molecule has 1 aliphatic rings. The van der Waals surface area contributed by atoms with Crippen LogP contribution in [0.15, 0.2) is 115 Å². The number of amides is 3. The third-order valence-electron chi connectivity index (χ3n) is 12.3. The predicted molar refractivity (Wildman–Crippen MR) is 246 cm³/mol. The summed E-state index contributed by atoms with van der Waals surface area (Å²) in [6.45, 7) is 9.90. The second-order valence-electron chi connectivity index (χ2n) is 17.1. The molecule has 1 aromatic heterocycles. The molecule has 0 saturated carbocycles. The second-order valence-corrected chi connectivity index (χ2v) is 18.0. The number of likely N-dealkylation sites (N-methyl/N-ethyl adjacent to an activating group) is 1. The molecule has 0 bridgehead atoms. The van der Waals surface area contributed by atoms with Crippen molar-refractivity contribution in [2.75, 3.05) is 13.7 Å². The molecule has 1 aliphatic carbocycles. The van der Waals surface area contributed by atoms with E-state index < -0.39 is 35.7 Å². The molecule has 6 rings (SSSR count). The molecule has 1 unspecified atom stereocenters. The standard InChI is InChI=1S/C51H60N4O7S/c1-7-34(4)45(53-50(60)62-31-41-39-26-16-14-24-37(39)38-25-15-17-27-40(38)41)48(57)55(6)43(33(2)3)29-44(61-30-36-21-12-9-13-22-36)47-52-42(32-63-47)46(56)54-51(5,49(58)59)28-18-23-35-19-10-8-11-20-35/h8-17,19-22,24-27,32-34,41,43-45H,7,18,23,28-31H2,1-6H3,(H,53,60)(H,54,56)(H,58,59)/t34-,43+,44+,45-,51?/m0/s1. The number of hydrogen-bond acceptors (Lipinski definition) is 8. The van der Waals surface area contributed by atoms with Crippen molar-refractivity contribution < 1.29 is 33.8 Å². The number of aromatic nitrogens is 1. The number of alkyl carbamates (subject to hydrolysis) is 1. The van der Waals surface area contributed by atoms with Gasteiger partial charge in [-0.2, -0.15) is 0 Å². The Morgan fingerprint density at radius 3 is 2.03 bits per heavy atom. The van der Waals surface area contributed by atoms with E-state index in [1.807, 2.05) is 113 Å². The molecule has 0 aliphatic heterocycles. The fraction of sp³-hybridized carbons (Fsp3) is 0.392. The van der Waals surface area contributed by atoms with Crippen LogP contribution in [0.5, 0.6) is 0 Å². The highest BCUT2D eigenvalue weighted by Crippen LogP contribution is 2.44. The zero-order valence-electron chi connectivity index (χ0n) is 37.1. The molecule has 1 heterocycles. The van der Waals surface area contributed by atoms with Crippen molar-refractivity contribution in [1.29, 1.82) is 0 Å². The molecule has 12 heteroatoms. The lowest BCUT2D eigenvalue weighted by molar-refractivity contribution is -0.144. The number of carboxylic acids is 1. The van der Waals surface area contributed by atoms with Crippen LogP contribution in [0.1, 0.15) is 110 Å². The van der Waals surface area contributed by atoms with Crippen LogP contribution in [-0.2, 0) is 32.1 Å². The largest absolute Gasteiger partial charge is 0.480 e. The molecule has 0 fully saturated rings. The number of nitrogens with one attached hydrogen (secondary N) is 2. The van der Waals surface area contributed by atoms with Gasteiger partial charge in [0.15, 0.2) is 0 Å². The maximum absolute atomic E-state index is 14.5. The number of hydrogen-bond donors (Lipinski definition) is 3. The number of rotatable bonds is 21. The number of nitrogens with zero attached hydrogens (tertiary/aromatic N) is 2. The summed E-state index contributed by atoms with van der Waals surface area (Å²) in [5, 5.41) is 18.0. The number of ether oxygens (including phenoxy) is 2. The highest BCUT2D eigenvalue weighted by atomic mass is 32.1. The lowest BCUT2D eigenvalue weighted by Gasteiger charge is -2.37. The number of thiazole rings is 1. The van der Waals surface area contributed by atoms with Crippen LogP contribution < -0.4 is 10.6 Å². The van der Waals surface area contributed by atoms with E-state index >= 15 is 0 Å². The Labute approximate surface area is 375 Å². The van der Waals surface area contributed by atoms with Gasteiger partial charge in [-0.15, -0.1) is 11.3 Å². The highest BCUT2D eigenvalue weighted by molar-refractivity contribution is 7.09. The van der Waals surface area contributed by atoms with Gasteiger partial charge in [0, 0.05) is 30.8 Å². The summed E-state index contributed by atoms with van der Waals surface area (Å²) in [5.74, 6) is -2.33. The van der Waals surface area contributed by atoms with Gasteiger partial charge in [-0.1, -0.05) is 143 Å². The fourth-order valence-electron chi connectivity index (χ4n) is 8.31. The third kappa shape index (κ3) is 11.6. The lowest BCUT2D eigenvalue weighted by Crippen LogP contribution is -2.54. The first-order valence-electron chi connectivity index (χ1n) is 21.9. The Morgan fingerprint density at radius 1 is 0.857 bits per heavy atom. The molecule has 0 saturated heterocycles. The number of carbonyl (C=O) groups excluding carboxylic acids is 3. The van der Waals surface area contributed by atoms with E-state index in [4.69, 9.17) is 14.5 Å². The maximum Gasteiger partial charge on any atom is 0.407 e. The second kappa shape index (κ2) is 21.5. The van der Waals surface area contributed by atoms with Crippen molar-refractivity contribution in [3.05, 3.63) is 148 Å². The van der Waals surface area contributed by atoms with Crippen molar-refractivity contribution >= 4 is 35.2 Å². The predicted octanol–water partition coefficient (Wildman–Crippen LogP) is 9.82. The Kier molecular flexibility index (Phi) is 15.9. The zero-order chi connectivity index (χ0) is 45.1. The minimum absolute atomic E-state index is 0.0382. The van der Waals surface area contributed by atoms with Gasteiger partial charge in [-0.3, -0.25) is 9.59 Å². The molecule has 5 atom stereocenters. The van der Waals surface area contributed by atoms with E-state index in [-0.39, 0.29) is 55.0 Å². The molecule has 3 N–H and O–H groups in total. The molecular formula is C51H60N4O7S. The van der Waals surface area contributed by atoms with Gasteiger partial charge < -0.3 is 30.1 Å². The summed E-state index contributed by atoms with van der Waals surface area (Å²) < 4.78 is 12.5. The van der Waals surface area contributed by atoms with Crippen LogP contribution in [0.25, 0.3) is 11.1 Å². The molecule has 5 aromatic rings. The van der Waals surface area contributed by atoms with Crippen molar-refractivity contribution in [1.82, 2.24) is 20.5 Å². The summed E-state index contributed by atoms with van der Waals surface area (Å²) in [5.41, 5.74) is 5.09. The average Bonchev–Trinajstić information content (AvgIpc) is 3.91. The molecule has 63 heavy (non-hydrogen) atoms. The number of benzene rings is 4. The first-order chi connectivity index (χ1) is 30.3. The van der Waals surface area contributed by atoms with Crippen LogP contribution in [0, 0.1) is 11.8 Å². The van der Waals surface area contributed by atoms with Crippen molar-refractivity contribution in [2.24, 2.45) is 11.8 Å². The van der Waals surface area contributed by atoms with Gasteiger partial charge in [0.05, 0.1) is 6.61 Å². The Hall–Kier alpha value is -5.85.